The molecule has 28 heavy (non-hydrogen) atoms. The van der Waals surface area contributed by atoms with E-state index >= 15 is 0 Å². The van der Waals surface area contributed by atoms with Gasteiger partial charge in [0.2, 0.25) is 5.91 Å². The fourth-order valence-corrected chi connectivity index (χ4v) is 3.60. The number of carbonyl (C=O) groups excluding carboxylic acids is 2. The molecule has 140 valence electrons. The first kappa shape index (κ1) is 18.0. The van der Waals surface area contributed by atoms with Crippen LogP contribution in [-0.4, -0.2) is 18.9 Å². The van der Waals surface area contributed by atoms with Crippen LogP contribution >= 0.6 is 11.3 Å². The third kappa shape index (κ3) is 3.54. The maximum atomic E-state index is 13.0. The zero-order chi connectivity index (χ0) is 19.7. The Labute approximate surface area is 166 Å². The zero-order valence-electron chi connectivity index (χ0n) is 15.4. The molecule has 1 aliphatic heterocycles. The molecular formula is C22H18N2O3S. The van der Waals surface area contributed by atoms with Gasteiger partial charge in [-0.25, -0.2) is 0 Å². The largest absolute Gasteiger partial charge is 0.454 e. The zero-order valence-corrected chi connectivity index (χ0v) is 16.2. The lowest BCUT2D eigenvalue weighted by Gasteiger charge is -2.16. The van der Waals surface area contributed by atoms with Crippen LogP contribution in [0.15, 0.2) is 59.3 Å². The summed E-state index contributed by atoms with van der Waals surface area (Å²) in [6, 6.07) is 12.7. The number of fused-ring (bicyclic) bond motifs is 2. The molecule has 4 rings (SSSR count). The molecule has 2 heterocycles. The van der Waals surface area contributed by atoms with Crippen molar-refractivity contribution in [3.8, 4) is 11.5 Å². The molecule has 1 N–H and O–H groups in total. The molecule has 2 aromatic carbocycles. The number of nitrogens with zero attached hydrogens (tertiary/aromatic N) is 1. The number of thiophene rings is 1. The molecule has 0 saturated heterocycles. The lowest BCUT2D eigenvalue weighted by molar-refractivity contribution is -0.111. The van der Waals surface area contributed by atoms with Crippen molar-refractivity contribution in [1.29, 1.82) is 0 Å². The molecule has 0 spiro atoms. The van der Waals surface area contributed by atoms with Crippen molar-refractivity contribution in [3.63, 3.8) is 0 Å². The van der Waals surface area contributed by atoms with Gasteiger partial charge in [-0.05, 0) is 71.3 Å². The molecule has 6 heteroatoms. The number of aryl methyl sites for hydroxylation is 1. The first-order chi connectivity index (χ1) is 13.5. The van der Waals surface area contributed by atoms with Crippen molar-refractivity contribution in [3.05, 3.63) is 76.0 Å². The standard InChI is InChI=1S/C22H18N2O3S/c1-14-3-6-20-18(11-14)24(2)22(26)17-12-16(5-7-19(17)27-20)23-21(25)8-4-15-9-10-28-13-15/h3-13H,1-2H3,(H,23,25)/b8-4+. The summed E-state index contributed by atoms with van der Waals surface area (Å²) in [5.74, 6) is 0.631. The Bertz CT molecular complexity index is 1090. The van der Waals surface area contributed by atoms with Crippen molar-refractivity contribution in [2.75, 3.05) is 17.3 Å². The van der Waals surface area contributed by atoms with E-state index in [4.69, 9.17) is 4.74 Å². The molecule has 3 aromatic rings. The van der Waals surface area contributed by atoms with Crippen LogP contribution in [0.2, 0.25) is 0 Å². The maximum absolute atomic E-state index is 13.0. The van der Waals surface area contributed by atoms with Crippen molar-refractivity contribution in [1.82, 2.24) is 0 Å². The van der Waals surface area contributed by atoms with E-state index in [1.807, 2.05) is 41.9 Å². The highest BCUT2D eigenvalue weighted by Crippen LogP contribution is 2.39. The number of nitrogens with one attached hydrogen (secondary N) is 1. The Balaban J connectivity index is 1.59. The van der Waals surface area contributed by atoms with Gasteiger partial charge in [0.1, 0.15) is 5.75 Å². The summed E-state index contributed by atoms with van der Waals surface area (Å²) in [7, 11) is 1.72. The quantitative estimate of drug-likeness (QED) is 0.634. The van der Waals surface area contributed by atoms with E-state index in [1.54, 1.807) is 47.6 Å². The number of rotatable bonds is 3. The number of benzene rings is 2. The number of carbonyl (C=O) groups is 2. The third-order valence-electron chi connectivity index (χ3n) is 4.45. The average molecular weight is 390 g/mol. The van der Waals surface area contributed by atoms with Gasteiger partial charge in [-0.15, -0.1) is 0 Å². The van der Waals surface area contributed by atoms with Crippen LogP contribution in [0.3, 0.4) is 0 Å². The van der Waals surface area contributed by atoms with Crippen molar-refractivity contribution < 1.29 is 14.3 Å². The van der Waals surface area contributed by atoms with E-state index in [-0.39, 0.29) is 11.8 Å². The topological polar surface area (TPSA) is 58.6 Å². The predicted octanol–water partition coefficient (Wildman–Crippen LogP) is 5.09. The van der Waals surface area contributed by atoms with E-state index in [0.29, 0.717) is 28.4 Å². The minimum Gasteiger partial charge on any atom is -0.454 e. The minimum atomic E-state index is -0.264. The summed E-state index contributed by atoms with van der Waals surface area (Å²) >= 11 is 1.57. The molecular weight excluding hydrogens is 372 g/mol. The first-order valence-electron chi connectivity index (χ1n) is 8.73. The van der Waals surface area contributed by atoms with Crippen molar-refractivity contribution in [2.24, 2.45) is 0 Å². The molecule has 0 unspecified atom stereocenters. The van der Waals surface area contributed by atoms with Crippen LogP contribution in [0.25, 0.3) is 6.08 Å². The molecule has 0 fully saturated rings. The minimum absolute atomic E-state index is 0.190. The molecule has 1 aromatic heterocycles. The lowest BCUT2D eigenvalue weighted by Crippen LogP contribution is -2.25. The number of ether oxygens (including phenoxy) is 1. The Hall–Kier alpha value is -3.38. The number of amides is 2. The summed E-state index contributed by atoms with van der Waals surface area (Å²) in [5, 5.41) is 6.70. The number of anilines is 2. The second-order valence-electron chi connectivity index (χ2n) is 6.53. The lowest BCUT2D eigenvalue weighted by atomic mass is 10.1. The number of hydrogen-bond donors (Lipinski definition) is 1. The molecule has 5 nitrogen and oxygen atoms in total. The first-order valence-corrected chi connectivity index (χ1v) is 9.67. The highest BCUT2D eigenvalue weighted by molar-refractivity contribution is 7.08. The summed E-state index contributed by atoms with van der Waals surface area (Å²) in [6.07, 6.45) is 3.22. The fraction of sp³-hybridized carbons (Fsp3) is 0.0909. The fourth-order valence-electron chi connectivity index (χ4n) is 2.97. The molecule has 0 saturated carbocycles. The highest BCUT2D eigenvalue weighted by Gasteiger charge is 2.26. The van der Waals surface area contributed by atoms with Gasteiger partial charge in [0.15, 0.2) is 5.75 Å². The highest BCUT2D eigenvalue weighted by atomic mass is 32.1. The second kappa shape index (κ2) is 7.32. The Morgan fingerprint density at radius 1 is 1.14 bits per heavy atom. The average Bonchev–Trinajstić information content (AvgIpc) is 3.18. The number of hydrogen-bond acceptors (Lipinski definition) is 4. The van der Waals surface area contributed by atoms with Gasteiger partial charge in [0.25, 0.3) is 5.91 Å². The predicted molar refractivity (Wildman–Crippen MR) is 112 cm³/mol. The molecule has 0 atom stereocenters. The van der Waals surface area contributed by atoms with Crippen molar-refractivity contribution >= 4 is 40.6 Å². The normalized spacial score (nSPS) is 12.9. The van der Waals surface area contributed by atoms with Gasteiger partial charge < -0.3 is 15.0 Å². The van der Waals surface area contributed by atoms with Gasteiger partial charge in [-0.2, -0.15) is 11.3 Å². The van der Waals surface area contributed by atoms with Gasteiger partial charge in [0, 0.05) is 18.8 Å². The Morgan fingerprint density at radius 2 is 1.96 bits per heavy atom. The van der Waals surface area contributed by atoms with E-state index < -0.39 is 0 Å². The van der Waals surface area contributed by atoms with E-state index in [0.717, 1.165) is 11.1 Å². The smallest absolute Gasteiger partial charge is 0.261 e. The molecule has 1 aliphatic rings. The molecule has 0 bridgehead atoms. The SMILES string of the molecule is Cc1ccc2c(c1)N(C)C(=O)c1cc(NC(=O)/C=C/c3ccsc3)ccc1O2. The van der Waals surface area contributed by atoms with Gasteiger partial charge in [0.05, 0.1) is 11.3 Å². The summed E-state index contributed by atoms with van der Waals surface area (Å²) in [4.78, 5) is 26.7. The molecule has 0 aliphatic carbocycles. The summed E-state index contributed by atoms with van der Waals surface area (Å²) in [5.41, 5.74) is 3.66. The molecule has 2 amide bonds. The van der Waals surface area contributed by atoms with Gasteiger partial charge >= 0.3 is 0 Å². The van der Waals surface area contributed by atoms with E-state index in [2.05, 4.69) is 5.32 Å². The Morgan fingerprint density at radius 3 is 2.75 bits per heavy atom. The van der Waals surface area contributed by atoms with Crippen LogP contribution in [0.4, 0.5) is 11.4 Å². The second-order valence-corrected chi connectivity index (χ2v) is 7.31. The summed E-state index contributed by atoms with van der Waals surface area (Å²) < 4.78 is 5.97. The van der Waals surface area contributed by atoms with E-state index in [9.17, 15) is 9.59 Å². The third-order valence-corrected chi connectivity index (χ3v) is 5.15. The van der Waals surface area contributed by atoms with E-state index in [1.165, 1.54) is 6.08 Å². The van der Waals surface area contributed by atoms with Gasteiger partial charge in [-0.1, -0.05) is 6.07 Å². The van der Waals surface area contributed by atoms with Crippen LogP contribution in [0.1, 0.15) is 21.5 Å². The van der Waals surface area contributed by atoms with Crippen LogP contribution in [0.5, 0.6) is 11.5 Å². The van der Waals surface area contributed by atoms with Crippen LogP contribution in [-0.2, 0) is 4.79 Å². The van der Waals surface area contributed by atoms with Crippen molar-refractivity contribution in [2.45, 2.75) is 6.92 Å². The maximum Gasteiger partial charge on any atom is 0.261 e. The summed E-state index contributed by atoms with van der Waals surface area (Å²) in [6.45, 7) is 1.97. The van der Waals surface area contributed by atoms with Gasteiger partial charge in [-0.3, -0.25) is 9.59 Å². The molecule has 0 radical (unpaired) electrons. The van der Waals surface area contributed by atoms with Crippen LogP contribution < -0.4 is 15.0 Å². The van der Waals surface area contributed by atoms with Crippen LogP contribution in [0, 0.1) is 6.92 Å². The Kier molecular flexibility index (Phi) is 4.71. The monoisotopic (exact) mass is 390 g/mol.